The molecule has 0 radical (unpaired) electrons. The summed E-state index contributed by atoms with van der Waals surface area (Å²) in [7, 11) is 0. The van der Waals surface area contributed by atoms with Crippen molar-refractivity contribution in [2.45, 2.75) is 32.2 Å². The Morgan fingerprint density at radius 3 is 2.75 bits per heavy atom. The number of carbonyl (C=O) groups is 1. The average Bonchev–Trinajstić information content (AvgIpc) is 3.15. The Morgan fingerprint density at radius 2 is 2.08 bits per heavy atom. The van der Waals surface area contributed by atoms with Crippen molar-refractivity contribution in [1.82, 2.24) is 14.8 Å². The van der Waals surface area contributed by atoms with E-state index in [-0.39, 0.29) is 0 Å². The maximum Gasteiger partial charge on any atom is 0.222 e. The maximum absolute atomic E-state index is 12.4. The van der Waals surface area contributed by atoms with E-state index >= 15 is 0 Å². The molecule has 2 aromatic rings. The molecule has 1 saturated heterocycles. The highest BCUT2D eigenvalue weighted by molar-refractivity contribution is 7.09. The molecule has 0 unspecified atom stereocenters. The first-order chi connectivity index (χ1) is 11.7. The van der Waals surface area contributed by atoms with Crippen molar-refractivity contribution >= 4 is 17.2 Å². The molecule has 1 aliphatic heterocycles. The summed E-state index contributed by atoms with van der Waals surface area (Å²) in [5.41, 5.74) is 1.24. The molecule has 0 spiro atoms. The van der Waals surface area contributed by atoms with E-state index in [1.807, 2.05) is 23.4 Å². The number of nitrogens with zero attached hydrogens (tertiary/aromatic N) is 3. The Labute approximate surface area is 148 Å². The molecule has 0 aliphatic carbocycles. The van der Waals surface area contributed by atoms with E-state index in [0.29, 0.717) is 18.4 Å². The third-order valence-corrected chi connectivity index (χ3v) is 5.71. The van der Waals surface area contributed by atoms with Gasteiger partial charge in [-0.2, -0.15) is 0 Å². The second kappa shape index (κ2) is 8.40. The average molecular weight is 343 g/mol. The van der Waals surface area contributed by atoms with Crippen molar-refractivity contribution in [3.8, 4) is 0 Å². The predicted octanol–water partition coefficient (Wildman–Crippen LogP) is 3.37. The summed E-state index contributed by atoms with van der Waals surface area (Å²) >= 11 is 1.77. The molecule has 1 amide bonds. The summed E-state index contributed by atoms with van der Waals surface area (Å²) in [6.07, 6.45) is 6.37. The second-order valence-electron chi connectivity index (χ2n) is 6.31. The van der Waals surface area contributed by atoms with E-state index in [1.165, 1.54) is 10.4 Å². The summed E-state index contributed by atoms with van der Waals surface area (Å²) in [6.45, 7) is 5.76. The number of piperazine rings is 1. The Hall–Kier alpha value is -1.72. The van der Waals surface area contributed by atoms with Gasteiger partial charge in [0.15, 0.2) is 0 Å². The zero-order valence-corrected chi connectivity index (χ0v) is 15.0. The fourth-order valence-electron chi connectivity index (χ4n) is 3.22. The number of pyridine rings is 1. The number of amides is 1. The number of aryl methyl sites for hydroxylation is 1. The molecule has 4 nitrogen and oxygen atoms in total. The molecular formula is C19H25N3OS. The molecular weight excluding hydrogens is 318 g/mol. The highest BCUT2D eigenvalue weighted by Gasteiger charge is 2.24. The van der Waals surface area contributed by atoms with Crippen LogP contribution in [-0.4, -0.2) is 46.9 Å². The molecule has 0 saturated carbocycles. The molecule has 5 heteroatoms. The monoisotopic (exact) mass is 343 g/mol. The predicted molar refractivity (Wildman–Crippen MR) is 98.1 cm³/mol. The lowest BCUT2D eigenvalue weighted by atomic mass is 10.1. The molecule has 128 valence electrons. The number of carbonyl (C=O) groups excluding carboxylic acids is 1. The quantitative estimate of drug-likeness (QED) is 0.807. The summed E-state index contributed by atoms with van der Waals surface area (Å²) < 4.78 is 0. The van der Waals surface area contributed by atoms with E-state index < -0.39 is 0 Å². The van der Waals surface area contributed by atoms with Crippen LogP contribution in [0.4, 0.5) is 0 Å². The first kappa shape index (κ1) is 17.1. The van der Waals surface area contributed by atoms with E-state index in [1.54, 1.807) is 11.3 Å². The molecule has 0 bridgehead atoms. The minimum Gasteiger partial charge on any atom is -0.340 e. The van der Waals surface area contributed by atoms with Crippen LogP contribution in [0, 0.1) is 0 Å². The Morgan fingerprint density at radius 1 is 1.25 bits per heavy atom. The SMILES string of the molecule is C[C@@H](c1cccnc1)N1CCN(C(=O)CCCc2cccs2)CC1. The lowest BCUT2D eigenvalue weighted by molar-refractivity contribution is -0.133. The molecule has 3 heterocycles. The number of hydrogen-bond acceptors (Lipinski definition) is 4. The number of hydrogen-bond donors (Lipinski definition) is 0. The van der Waals surface area contributed by atoms with Crippen LogP contribution >= 0.6 is 11.3 Å². The van der Waals surface area contributed by atoms with Gasteiger partial charge in [0.25, 0.3) is 0 Å². The third kappa shape index (κ3) is 4.42. The van der Waals surface area contributed by atoms with Crippen molar-refractivity contribution < 1.29 is 4.79 Å². The zero-order valence-electron chi connectivity index (χ0n) is 14.2. The van der Waals surface area contributed by atoms with Crippen molar-refractivity contribution in [2.75, 3.05) is 26.2 Å². The van der Waals surface area contributed by atoms with Gasteiger partial charge in [0.1, 0.15) is 0 Å². The van der Waals surface area contributed by atoms with Crippen LogP contribution in [0.5, 0.6) is 0 Å². The molecule has 1 fully saturated rings. The smallest absolute Gasteiger partial charge is 0.222 e. The topological polar surface area (TPSA) is 36.4 Å². The van der Waals surface area contributed by atoms with Crippen molar-refractivity contribution in [3.05, 3.63) is 52.5 Å². The van der Waals surface area contributed by atoms with Gasteiger partial charge in [0.2, 0.25) is 5.91 Å². The first-order valence-electron chi connectivity index (χ1n) is 8.68. The normalized spacial score (nSPS) is 17.0. The standard InChI is InChI=1S/C19H25N3OS/c1-16(17-5-3-9-20-15-17)21-10-12-22(13-11-21)19(23)8-2-6-18-7-4-14-24-18/h3-5,7,9,14-16H,2,6,8,10-13H2,1H3/t16-/m0/s1. The maximum atomic E-state index is 12.4. The van der Waals surface area contributed by atoms with Gasteiger partial charge >= 0.3 is 0 Å². The molecule has 2 aromatic heterocycles. The molecule has 1 aliphatic rings. The lowest BCUT2D eigenvalue weighted by Crippen LogP contribution is -2.49. The minimum absolute atomic E-state index is 0.306. The highest BCUT2D eigenvalue weighted by atomic mass is 32.1. The number of aromatic nitrogens is 1. The van der Waals surface area contributed by atoms with Crippen molar-refractivity contribution in [1.29, 1.82) is 0 Å². The Balaban J connectivity index is 1.42. The molecule has 3 rings (SSSR count). The van der Waals surface area contributed by atoms with Gasteiger partial charge in [-0.15, -0.1) is 11.3 Å². The molecule has 24 heavy (non-hydrogen) atoms. The Bertz CT molecular complexity index is 621. The van der Waals surface area contributed by atoms with Crippen LogP contribution in [0.15, 0.2) is 42.0 Å². The van der Waals surface area contributed by atoms with E-state index in [0.717, 1.165) is 39.0 Å². The van der Waals surface area contributed by atoms with Gasteiger partial charge in [-0.1, -0.05) is 12.1 Å². The second-order valence-corrected chi connectivity index (χ2v) is 7.34. The summed E-state index contributed by atoms with van der Waals surface area (Å²) in [6, 6.07) is 8.69. The molecule has 0 N–H and O–H groups in total. The van der Waals surface area contributed by atoms with Crippen LogP contribution in [0.3, 0.4) is 0 Å². The van der Waals surface area contributed by atoms with Crippen LogP contribution in [0.1, 0.15) is 36.2 Å². The fraction of sp³-hybridized carbons (Fsp3) is 0.474. The number of rotatable bonds is 6. The van der Waals surface area contributed by atoms with E-state index in [2.05, 4.69) is 40.4 Å². The lowest BCUT2D eigenvalue weighted by Gasteiger charge is -2.38. The van der Waals surface area contributed by atoms with Crippen LogP contribution in [0.2, 0.25) is 0 Å². The summed E-state index contributed by atoms with van der Waals surface area (Å²) in [5, 5.41) is 2.10. The van der Waals surface area contributed by atoms with Gasteiger partial charge in [0, 0.05) is 55.9 Å². The number of thiophene rings is 1. The van der Waals surface area contributed by atoms with Gasteiger partial charge in [-0.3, -0.25) is 14.7 Å². The molecule has 1 atom stereocenters. The first-order valence-corrected chi connectivity index (χ1v) is 9.56. The zero-order chi connectivity index (χ0) is 16.8. The van der Waals surface area contributed by atoms with Crippen LogP contribution in [0.25, 0.3) is 0 Å². The third-order valence-electron chi connectivity index (χ3n) is 4.78. The highest BCUT2D eigenvalue weighted by Crippen LogP contribution is 2.21. The summed E-state index contributed by atoms with van der Waals surface area (Å²) in [5.74, 6) is 0.306. The minimum atomic E-state index is 0.306. The van der Waals surface area contributed by atoms with E-state index in [4.69, 9.17) is 0 Å². The largest absolute Gasteiger partial charge is 0.340 e. The summed E-state index contributed by atoms with van der Waals surface area (Å²) in [4.78, 5) is 22.4. The van der Waals surface area contributed by atoms with Gasteiger partial charge < -0.3 is 4.90 Å². The van der Waals surface area contributed by atoms with Crippen LogP contribution < -0.4 is 0 Å². The van der Waals surface area contributed by atoms with Gasteiger partial charge in [-0.25, -0.2) is 0 Å². The molecule has 0 aromatic carbocycles. The fourth-order valence-corrected chi connectivity index (χ4v) is 3.97. The Kier molecular flexibility index (Phi) is 5.99. The van der Waals surface area contributed by atoms with Crippen molar-refractivity contribution in [2.24, 2.45) is 0 Å². The van der Waals surface area contributed by atoms with Crippen LogP contribution in [-0.2, 0) is 11.2 Å². The van der Waals surface area contributed by atoms with Gasteiger partial charge in [0.05, 0.1) is 0 Å². The van der Waals surface area contributed by atoms with Crippen molar-refractivity contribution in [3.63, 3.8) is 0 Å². The van der Waals surface area contributed by atoms with Gasteiger partial charge in [-0.05, 0) is 42.8 Å². The van der Waals surface area contributed by atoms with E-state index in [9.17, 15) is 4.79 Å².